The van der Waals surface area contributed by atoms with Crippen LogP contribution in [0.4, 0.5) is 0 Å². The van der Waals surface area contributed by atoms with Crippen LogP contribution in [0, 0.1) is 6.92 Å². The third-order valence-electron chi connectivity index (χ3n) is 6.99. The molecule has 0 radical (unpaired) electrons. The van der Waals surface area contributed by atoms with Crippen molar-refractivity contribution in [1.82, 2.24) is 4.57 Å². The second-order valence-corrected chi connectivity index (χ2v) is 12.0. The number of ether oxygens (including phenoxy) is 3. The monoisotopic (exact) mass is 614 g/mol. The summed E-state index contributed by atoms with van der Waals surface area (Å²) in [5.74, 6) is 0.821. The minimum atomic E-state index is -0.735. The number of aryl methyl sites for hydroxylation is 1. The van der Waals surface area contributed by atoms with Crippen LogP contribution in [-0.4, -0.2) is 35.8 Å². The Hall–Kier alpha value is -4.70. The number of benzene rings is 2. The molecule has 10 heteroatoms. The minimum Gasteiger partial charge on any atom is -0.497 e. The van der Waals surface area contributed by atoms with E-state index >= 15 is 0 Å². The summed E-state index contributed by atoms with van der Waals surface area (Å²) < 4.78 is 24.2. The van der Waals surface area contributed by atoms with Crippen molar-refractivity contribution in [3.8, 4) is 17.1 Å². The van der Waals surface area contributed by atoms with E-state index in [2.05, 4.69) is 4.99 Å². The number of aromatic nitrogens is 1. The molecular formula is C34H34N2O7S. The van der Waals surface area contributed by atoms with Gasteiger partial charge in [0.25, 0.3) is 5.56 Å². The van der Waals surface area contributed by atoms with Gasteiger partial charge in [0.15, 0.2) is 4.80 Å². The summed E-state index contributed by atoms with van der Waals surface area (Å²) in [6, 6.07) is 15.4. The van der Waals surface area contributed by atoms with Crippen molar-refractivity contribution in [3.63, 3.8) is 0 Å². The van der Waals surface area contributed by atoms with Crippen molar-refractivity contribution < 1.29 is 28.2 Å². The summed E-state index contributed by atoms with van der Waals surface area (Å²) in [6.07, 6.45) is 1.12. The number of carbonyl (C=O) groups is 2. The summed E-state index contributed by atoms with van der Waals surface area (Å²) in [4.78, 5) is 44.6. The van der Waals surface area contributed by atoms with Crippen LogP contribution in [0.3, 0.4) is 0 Å². The Morgan fingerprint density at radius 1 is 0.955 bits per heavy atom. The molecule has 0 amide bonds. The van der Waals surface area contributed by atoms with Crippen LogP contribution in [0.25, 0.3) is 17.4 Å². The van der Waals surface area contributed by atoms with Crippen LogP contribution in [0.15, 0.2) is 80.1 Å². The van der Waals surface area contributed by atoms with Gasteiger partial charge in [-0.1, -0.05) is 29.5 Å². The Labute approximate surface area is 258 Å². The van der Waals surface area contributed by atoms with Gasteiger partial charge in [0.1, 0.15) is 17.3 Å². The third-order valence-corrected chi connectivity index (χ3v) is 7.97. The Kier molecular flexibility index (Phi) is 8.73. The zero-order chi connectivity index (χ0) is 31.7. The van der Waals surface area contributed by atoms with Crippen molar-refractivity contribution in [2.24, 2.45) is 4.99 Å². The lowest BCUT2D eigenvalue weighted by molar-refractivity contribution is -0.143. The zero-order valence-electron chi connectivity index (χ0n) is 25.7. The Balaban J connectivity index is 1.55. The summed E-state index contributed by atoms with van der Waals surface area (Å²) in [7, 11) is 1.58. The number of hydrogen-bond donors (Lipinski definition) is 0. The van der Waals surface area contributed by atoms with Crippen molar-refractivity contribution in [1.29, 1.82) is 0 Å². The van der Waals surface area contributed by atoms with Gasteiger partial charge in [-0.2, -0.15) is 0 Å². The van der Waals surface area contributed by atoms with Gasteiger partial charge in [-0.3, -0.25) is 9.36 Å². The molecule has 4 aromatic rings. The lowest BCUT2D eigenvalue weighted by Gasteiger charge is -2.25. The molecule has 228 valence electrons. The van der Waals surface area contributed by atoms with Gasteiger partial charge in [-0.15, -0.1) is 0 Å². The smallest absolute Gasteiger partial charge is 0.338 e. The van der Waals surface area contributed by atoms with E-state index in [-0.39, 0.29) is 23.7 Å². The van der Waals surface area contributed by atoms with Crippen molar-refractivity contribution >= 4 is 29.4 Å². The second kappa shape index (κ2) is 12.5. The van der Waals surface area contributed by atoms with Gasteiger partial charge < -0.3 is 18.6 Å². The Morgan fingerprint density at radius 2 is 1.64 bits per heavy atom. The topological polar surface area (TPSA) is 109 Å². The predicted octanol–water partition coefficient (Wildman–Crippen LogP) is 5.33. The summed E-state index contributed by atoms with van der Waals surface area (Å²) in [6.45, 7) is 10.8. The van der Waals surface area contributed by atoms with E-state index in [9.17, 15) is 14.4 Å². The molecule has 0 bridgehead atoms. The van der Waals surface area contributed by atoms with Gasteiger partial charge in [0.2, 0.25) is 0 Å². The van der Waals surface area contributed by atoms with E-state index in [1.165, 1.54) is 15.9 Å². The molecule has 9 nitrogen and oxygen atoms in total. The molecule has 0 unspecified atom stereocenters. The number of carbonyl (C=O) groups excluding carboxylic acids is 2. The molecule has 0 saturated carbocycles. The first-order valence-corrected chi connectivity index (χ1v) is 15.1. The van der Waals surface area contributed by atoms with E-state index < -0.39 is 12.0 Å². The number of fused-ring (bicyclic) bond motifs is 1. The largest absolute Gasteiger partial charge is 0.497 e. The van der Waals surface area contributed by atoms with Crippen LogP contribution >= 0.6 is 11.3 Å². The molecule has 0 saturated heterocycles. The highest BCUT2D eigenvalue weighted by molar-refractivity contribution is 7.07. The average Bonchev–Trinajstić information content (AvgIpc) is 3.55. The van der Waals surface area contributed by atoms with Crippen LogP contribution in [0.2, 0.25) is 0 Å². The van der Waals surface area contributed by atoms with Crippen LogP contribution in [0.1, 0.15) is 67.9 Å². The summed E-state index contributed by atoms with van der Waals surface area (Å²) >= 11 is 1.22. The Bertz CT molecular complexity index is 1940. The molecule has 44 heavy (non-hydrogen) atoms. The Morgan fingerprint density at radius 3 is 2.27 bits per heavy atom. The van der Waals surface area contributed by atoms with E-state index in [4.69, 9.17) is 18.6 Å². The maximum absolute atomic E-state index is 13.9. The number of esters is 2. The van der Waals surface area contributed by atoms with Crippen molar-refractivity contribution in [2.75, 3.05) is 7.11 Å². The first-order valence-electron chi connectivity index (χ1n) is 14.3. The lowest BCUT2D eigenvalue weighted by atomic mass is 9.96. The number of thiazole rings is 1. The average molecular weight is 615 g/mol. The lowest BCUT2D eigenvalue weighted by Crippen LogP contribution is -2.40. The first-order chi connectivity index (χ1) is 21.0. The number of hydrogen-bond acceptors (Lipinski definition) is 9. The molecule has 0 aliphatic carbocycles. The molecule has 5 rings (SSSR count). The number of rotatable bonds is 8. The third kappa shape index (κ3) is 6.16. The van der Waals surface area contributed by atoms with E-state index in [0.717, 1.165) is 16.7 Å². The fraction of sp³-hybridized carbons (Fsp3) is 0.294. The normalized spacial score (nSPS) is 14.9. The minimum absolute atomic E-state index is 0.211. The van der Waals surface area contributed by atoms with Crippen LogP contribution < -0.4 is 19.6 Å². The highest BCUT2D eigenvalue weighted by Gasteiger charge is 2.34. The fourth-order valence-electron chi connectivity index (χ4n) is 5.02. The fourth-order valence-corrected chi connectivity index (χ4v) is 6.04. The SMILES string of the molecule is COc1ccc([C@H]2C(C(=O)OC(C)C)=C(C)N=c3s/c(=C/c4ccc(-c5ccc(C(=O)OC(C)C)cc5C)o4)c(=O)n32)cc1. The molecule has 2 aromatic heterocycles. The molecule has 0 N–H and O–H groups in total. The van der Waals surface area contributed by atoms with Gasteiger partial charge in [0, 0.05) is 11.6 Å². The van der Waals surface area contributed by atoms with Gasteiger partial charge in [0.05, 0.1) is 46.7 Å². The van der Waals surface area contributed by atoms with Crippen LogP contribution in [0.5, 0.6) is 5.75 Å². The van der Waals surface area contributed by atoms with Gasteiger partial charge in [-0.05, 0) is 89.1 Å². The zero-order valence-corrected chi connectivity index (χ0v) is 26.5. The van der Waals surface area contributed by atoms with E-state index in [0.29, 0.717) is 43.4 Å². The quantitative estimate of drug-likeness (QED) is 0.247. The first kappa shape index (κ1) is 30.7. The maximum atomic E-state index is 13.9. The molecule has 0 spiro atoms. The van der Waals surface area contributed by atoms with Crippen LogP contribution in [-0.2, 0) is 14.3 Å². The van der Waals surface area contributed by atoms with Gasteiger partial charge >= 0.3 is 11.9 Å². The molecule has 3 heterocycles. The summed E-state index contributed by atoms with van der Waals surface area (Å²) in [5.41, 5.74) is 3.33. The summed E-state index contributed by atoms with van der Waals surface area (Å²) in [5, 5.41) is 0. The van der Waals surface area contributed by atoms with Crippen molar-refractivity contribution in [3.05, 3.63) is 108 Å². The molecule has 1 aliphatic rings. The van der Waals surface area contributed by atoms with Gasteiger partial charge in [-0.25, -0.2) is 14.6 Å². The molecule has 1 aliphatic heterocycles. The molecular weight excluding hydrogens is 580 g/mol. The number of methoxy groups -OCH3 is 1. The number of allylic oxidation sites excluding steroid dienone is 1. The number of furan rings is 1. The van der Waals surface area contributed by atoms with E-state index in [1.54, 1.807) is 78.1 Å². The number of nitrogens with zero attached hydrogens (tertiary/aromatic N) is 2. The second-order valence-electron chi connectivity index (χ2n) is 11.0. The molecule has 0 fully saturated rings. The van der Waals surface area contributed by atoms with E-state index in [1.807, 2.05) is 31.2 Å². The van der Waals surface area contributed by atoms with Crippen molar-refractivity contribution in [2.45, 2.75) is 59.8 Å². The maximum Gasteiger partial charge on any atom is 0.338 e. The standard InChI is InChI=1S/C34H34N2O7S/c1-18(2)41-32(38)23-10-14-26(20(5)16-23)27-15-13-25(43-27)17-28-31(37)36-30(22-8-11-24(40-7)12-9-22)29(33(39)42-19(3)4)21(6)35-34(36)44-28/h8-19,30H,1-7H3/b28-17+/t30-/m0/s1. The highest BCUT2D eigenvalue weighted by atomic mass is 32.1. The molecule has 2 aromatic carbocycles. The highest BCUT2D eigenvalue weighted by Crippen LogP contribution is 2.32. The molecule has 1 atom stereocenters. The predicted molar refractivity (Wildman–Crippen MR) is 167 cm³/mol.